The number of aldehydes is 1. The molecule has 48 heavy (non-hydrogen) atoms. The molecule has 0 atom stereocenters. The van der Waals surface area contributed by atoms with Crippen molar-refractivity contribution < 1.29 is 33.8 Å². The van der Waals surface area contributed by atoms with Gasteiger partial charge in [0.1, 0.15) is 11.4 Å². The average Bonchev–Trinajstić information content (AvgIpc) is 3.04. The third kappa shape index (κ3) is 9.87. The Kier molecular flexibility index (Phi) is 12.3. The highest BCUT2D eigenvalue weighted by Crippen LogP contribution is 2.37. The standard InChI is InChI=1S/C36H43ClN4O7/c1-36(2,3)48-34(44)39-26-13-15-27(16-14-26)41(35(45)46)31-19-23(12-17-28(31)24-10-6-5-7-11-24)9-8-18-38-33(43)40-30-21-32(47-4)25(22-42)20-29(30)37/h5-7,10-12,17,19-22,26-27H,8-9,13-16,18H2,1-4H3,(H,39,44)(H,45,46)(H2,38,40,43). The van der Waals surface area contributed by atoms with E-state index in [-0.39, 0.29) is 22.7 Å². The number of rotatable bonds is 11. The van der Waals surface area contributed by atoms with Crippen molar-refractivity contribution in [1.29, 1.82) is 0 Å². The number of halogens is 1. The number of hydrogen-bond donors (Lipinski definition) is 4. The number of anilines is 2. The topological polar surface area (TPSA) is 146 Å². The van der Waals surface area contributed by atoms with Crippen molar-refractivity contribution in [3.8, 4) is 16.9 Å². The predicted molar refractivity (Wildman–Crippen MR) is 187 cm³/mol. The molecule has 4 amide bonds. The summed E-state index contributed by atoms with van der Waals surface area (Å²) < 4.78 is 10.6. The van der Waals surface area contributed by atoms with Crippen LogP contribution in [0.2, 0.25) is 5.02 Å². The molecule has 0 heterocycles. The van der Waals surface area contributed by atoms with Crippen LogP contribution in [0.4, 0.5) is 25.8 Å². The number of carbonyl (C=O) groups excluding carboxylic acids is 3. The molecule has 0 spiro atoms. The summed E-state index contributed by atoms with van der Waals surface area (Å²) >= 11 is 6.22. The highest BCUT2D eigenvalue weighted by atomic mass is 35.5. The summed E-state index contributed by atoms with van der Waals surface area (Å²) in [4.78, 5) is 50.4. The molecule has 12 heteroatoms. The molecule has 1 aliphatic carbocycles. The van der Waals surface area contributed by atoms with E-state index in [1.165, 1.54) is 24.1 Å². The van der Waals surface area contributed by atoms with Crippen molar-refractivity contribution in [1.82, 2.24) is 10.6 Å². The number of carbonyl (C=O) groups is 4. The fourth-order valence-corrected chi connectivity index (χ4v) is 6.02. The predicted octanol–water partition coefficient (Wildman–Crippen LogP) is 7.90. The van der Waals surface area contributed by atoms with Crippen LogP contribution < -0.4 is 25.6 Å². The lowest BCUT2D eigenvalue weighted by Crippen LogP contribution is -2.47. The van der Waals surface area contributed by atoms with Crippen molar-refractivity contribution >= 4 is 47.5 Å². The first-order chi connectivity index (χ1) is 22.9. The van der Waals surface area contributed by atoms with Crippen molar-refractivity contribution in [2.24, 2.45) is 0 Å². The van der Waals surface area contributed by atoms with E-state index >= 15 is 0 Å². The minimum atomic E-state index is -1.04. The van der Waals surface area contributed by atoms with Gasteiger partial charge in [-0.1, -0.05) is 54.1 Å². The number of alkyl carbamates (subject to hydrolysis) is 1. The van der Waals surface area contributed by atoms with Crippen LogP contribution in [0.1, 0.15) is 68.8 Å². The van der Waals surface area contributed by atoms with Crippen LogP contribution in [0, 0.1) is 0 Å². The molecule has 0 saturated heterocycles. The molecule has 1 saturated carbocycles. The van der Waals surface area contributed by atoms with Gasteiger partial charge in [0.25, 0.3) is 0 Å². The van der Waals surface area contributed by atoms with Gasteiger partial charge >= 0.3 is 18.2 Å². The van der Waals surface area contributed by atoms with Gasteiger partial charge in [-0.05, 0) is 82.6 Å². The molecule has 0 aromatic heterocycles. The van der Waals surface area contributed by atoms with Gasteiger partial charge in [0.2, 0.25) is 0 Å². The number of ether oxygens (including phenoxy) is 2. The molecule has 4 N–H and O–H groups in total. The Labute approximate surface area is 285 Å². The third-order valence-corrected chi connectivity index (χ3v) is 8.33. The Morgan fingerprint density at radius 3 is 2.35 bits per heavy atom. The molecular formula is C36H43ClN4O7. The number of urea groups is 1. The summed E-state index contributed by atoms with van der Waals surface area (Å²) in [5, 5.41) is 19.1. The van der Waals surface area contributed by atoms with E-state index < -0.39 is 23.8 Å². The molecule has 1 aliphatic rings. The molecule has 11 nitrogen and oxygen atoms in total. The zero-order valence-corrected chi connectivity index (χ0v) is 28.4. The molecule has 4 rings (SSSR count). The van der Waals surface area contributed by atoms with E-state index in [2.05, 4.69) is 16.0 Å². The average molecular weight is 679 g/mol. The third-order valence-electron chi connectivity index (χ3n) is 8.02. The Morgan fingerprint density at radius 2 is 1.73 bits per heavy atom. The summed E-state index contributed by atoms with van der Waals surface area (Å²) in [6.07, 6.45) is 2.71. The van der Waals surface area contributed by atoms with Crippen LogP contribution in [0.5, 0.6) is 5.75 Å². The minimum absolute atomic E-state index is 0.0925. The van der Waals surface area contributed by atoms with Gasteiger partial charge in [0.05, 0.1) is 29.1 Å². The Bertz CT molecular complexity index is 1600. The Hall–Kier alpha value is -4.77. The molecule has 3 aromatic rings. The van der Waals surface area contributed by atoms with Gasteiger partial charge in [-0.25, -0.2) is 14.4 Å². The van der Waals surface area contributed by atoms with E-state index in [1.54, 1.807) is 0 Å². The normalized spacial score (nSPS) is 15.9. The number of benzene rings is 3. The number of nitrogens with one attached hydrogen (secondary N) is 3. The SMILES string of the molecule is COc1cc(NC(=O)NCCCc2ccc(-c3ccccc3)c(N(C(=O)O)C3CCC(NC(=O)OC(C)(C)C)CC3)c2)c(Cl)cc1C=O. The first-order valence-electron chi connectivity index (χ1n) is 16.0. The molecule has 0 bridgehead atoms. The van der Waals surface area contributed by atoms with Crippen LogP contribution in [0.15, 0.2) is 60.7 Å². The van der Waals surface area contributed by atoms with E-state index in [4.69, 9.17) is 21.1 Å². The highest BCUT2D eigenvalue weighted by molar-refractivity contribution is 6.34. The van der Waals surface area contributed by atoms with Gasteiger partial charge in [0, 0.05) is 30.3 Å². The molecule has 0 unspecified atom stereocenters. The fraction of sp³-hybridized carbons (Fsp3) is 0.389. The van der Waals surface area contributed by atoms with Crippen molar-refractivity contribution in [3.63, 3.8) is 0 Å². The lowest BCUT2D eigenvalue weighted by atomic mass is 9.89. The minimum Gasteiger partial charge on any atom is -0.496 e. The van der Waals surface area contributed by atoms with Crippen LogP contribution in [0.3, 0.4) is 0 Å². The monoisotopic (exact) mass is 678 g/mol. The van der Waals surface area contributed by atoms with Gasteiger partial charge in [0.15, 0.2) is 6.29 Å². The molecule has 3 aromatic carbocycles. The quantitative estimate of drug-likeness (QED) is 0.119. The maximum absolute atomic E-state index is 12.8. The molecular weight excluding hydrogens is 636 g/mol. The maximum atomic E-state index is 12.8. The van der Waals surface area contributed by atoms with Gasteiger partial charge in [-0.3, -0.25) is 9.69 Å². The largest absolute Gasteiger partial charge is 0.496 e. The number of amides is 4. The van der Waals surface area contributed by atoms with Crippen LogP contribution in [0.25, 0.3) is 11.1 Å². The first-order valence-corrected chi connectivity index (χ1v) is 16.3. The van der Waals surface area contributed by atoms with Gasteiger partial charge in [-0.2, -0.15) is 0 Å². The zero-order chi connectivity index (χ0) is 34.8. The van der Waals surface area contributed by atoms with Crippen molar-refractivity contribution in [3.05, 3.63) is 76.8 Å². The van der Waals surface area contributed by atoms with Crippen molar-refractivity contribution in [2.45, 2.75) is 77.0 Å². The second kappa shape index (κ2) is 16.4. The summed E-state index contributed by atoms with van der Waals surface area (Å²) in [7, 11) is 1.42. The fourth-order valence-electron chi connectivity index (χ4n) is 5.80. The van der Waals surface area contributed by atoms with Crippen LogP contribution >= 0.6 is 11.6 Å². The summed E-state index contributed by atoms with van der Waals surface area (Å²) in [6.45, 7) is 5.78. The number of aryl methyl sites for hydroxylation is 1. The molecule has 1 fully saturated rings. The Balaban J connectivity index is 1.43. The summed E-state index contributed by atoms with van der Waals surface area (Å²) in [5.74, 6) is 0.292. The Morgan fingerprint density at radius 1 is 1.02 bits per heavy atom. The van der Waals surface area contributed by atoms with Gasteiger partial charge in [-0.15, -0.1) is 0 Å². The summed E-state index contributed by atoms with van der Waals surface area (Å²) in [6, 6.07) is 17.6. The van der Waals surface area contributed by atoms with E-state index in [0.29, 0.717) is 68.5 Å². The lowest BCUT2D eigenvalue weighted by molar-refractivity contribution is 0.0490. The number of hydrogen-bond acceptors (Lipinski definition) is 6. The van der Waals surface area contributed by atoms with Crippen LogP contribution in [-0.4, -0.2) is 60.9 Å². The lowest BCUT2D eigenvalue weighted by Gasteiger charge is -2.36. The molecule has 0 radical (unpaired) electrons. The number of methoxy groups -OCH3 is 1. The molecule has 256 valence electrons. The number of nitrogens with zero attached hydrogens (tertiary/aromatic N) is 1. The number of carboxylic acid groups (broad SMARTS) is 1. The van der Waals surface area contributed by atoms with E-state index in [1.807, 2.05) is 69.3 Å². The van der Waals surface area contributed by atoms with Gasteiger partial charge < -0.3 is 30.5 Å². The first kappa shape index (κ1) is 36.1. The second-order valence-electron chi connectivity index (χ2n) is 12.7. The van der Waals surface area contributed by atoms with Crippen LogP contribution in [-0.2, 0) is 11.2 Å². The highest BCUT2D eigenvalue weighted by Gasteiger charge is 2.32. The zero-order valence-electron chi connectivity index (χ0n) is 27.7. The second-order valence-corrected chi connectivity index (χ2v) is 13.1. The molecule has 0 aliphatic heterocycles. The van der Waals surface area contributed by atoms with E-state index in [0.717, 1.165) is 16.7 Å². The smallest absolute Gasteiger partial charge is 0.412 e. The maximum Gasteiger partial charge on any atom is 0.412 e. The van der Waals surface area contributed by atoms with Crippen molar-refractivity contribution in [2.75, 3.05) is 23.9 Å². The summed E-state index contributed by atoms with van der Waals surface area (Å²) in [5.41, 5.74) is 3.22. The van der Waals surface area contributed by atoms with E-state index in [9.17, 15) is 24.3 Å².